The van der Waals surface area contributed by atoms with Crippen LogP contribution in [0, 0.1) is 0 Å². The molecule has 1 aliphatic heterocycles. The van der Waals surface area contributed by atoms with Gasteiger partial charge in [-0.1, -0.05) is 17.7 Å². The van der Waals surface area contributed by atoms with Crippen molar-refractivity contribution >= 4 is 40.5 Å². The van der Waals surface area contributed by atoms with Gasteiger partial charge in [0, 0.05) is 55.1 Å². The number of amides is 2. The standard InChI is InChI=1S/C22H26ClN3O2/c1-17(27)26(15-12-22(28)24-19-7-5-6-18(23)16-19)21-10-8-20(9-11-21)25-13-3-2-4-14-25/h5-11,16H,2-4,12-15H2,1H3,(H,24,28). The number of carbonyl (C=O) groups is 2. The number of nitrogens with one attached hydrogen (secondary N) is 1. The van der Waals surface area contributed by atoms with Gasteiger partial charge in [0.25, 0.3) is 0 Å². The van der Waals surface area contributed by atoms with E-state index in [1.165, 1.54) is 31.9 Å². The molecule has 0 atom stereocenters. The van der Waals surface area contributed by atoms with Gasteiger partial charge in [-0.3, -0.25) is 9.59 Å². The highest BCUT2D eigenvalue weighted by Crippen LogP contribution is 2.24. The van der Waals surface area contributed by atoms with Gasteiger partial charge in [-0.05, 0) is 61.7 Å². The molecule has 0 aliphatic carbocycles. The number of halogens is 1. The maximum absolute atomic E-state index is 12.2. The Morgan fingerprint density at radius 1 is 1.07 bits per heavy atom. The molecule has 0 aromatic heterocycles. The van der Waals surface area contributed by atoms with Crippen molar-refractivity contribution in [1.82, 2.24) is 0 Å². The Morgan fingerprint density at radius 3 is 2.43 bits per heavy atom. The molecule has 28 heavy (non-hydrogen) atoms. The first kappa shape index (κ1) is 20.2. The Bertz CT molecular complexity index is 817. The first-order valence-electron chi connectivity index (χ1n) is 9.71. The van der Waals surface area contributed by atoms with Crippen molar-refractivity contribution in [2.24, 2.45) is 0 Å². The molecule has 2 aromatic rings. The zero-order chi connectivity index (χ0) is 19.9. The fraction of sp³-hybridized carbons (Fsp3) is 0.364. The van der Waals surface area contributed by atoms with E-state index in [2.05, 4.69) is 22.3 Å². The predicted molar refractivity (Wildman–Crippen MR) is 115 cm³/mol. The minimum atomic E-state index is -0.154. The van der Waals surface area contributed by atoms with Gasteiger partial charge in [-0.15, -0.1) is 0 Å². The van der Waals surface area contributed by atoms with E-state index in [1.807, 2.05) is 12.1 Å². The van der Waals surface area contributed by atoms with Crippen LogP contribution in [0.5, 0.6) is 0 Å². The number of nitrogens with zero attached hydrogens (tertiary/aromatic N) is 2. The van der Waals surface area contributed by atoms with Gasteiger partial charge in [0.1, 0.15) is 0 Å². The Labute approximate surface area is 171 Å². The van der Waals surface area contributed by atoms with Crippen molar-refractivity contribution < 1.29 is 9.59 Å². The van der Waals surface area contributed by atoms with Crippen LogP contribution >= 0.6 is 11.6 Å². The third-order valence-electron chi connectivity index (χ3n) is 4.93. The van der Waals surface area contributed by atoms with E-state index in [1.54, 1.807) is 29.2 Å². The monoisotopic (exact) mass is 399 g/mol. The molecule has 6 heteroatoms. The molecular formula is C22H26ClN3O2. The van der Waals surface area contributed by atoms with Gasteiger partial charge in [0.2, 0.25) is 11.8 Å². The predicted octanol–water partition coefficient (Wildman–Crippen LogP) is 4.71. The lowest BCUT2D eigenvalue weighted by molar-refractivity contribution is -0.117. The van der Waals surface area contributed by atoms with Gasteiger partial charge >= 0.3 is 0 Å². The minimum Gasteiger partial charge on any atom is -0.372 e. The van der Waals surface area contributed by atoms with Crippen LogP contribution in [-0.4, -0.2) is 31.4 Å². The summed E-state index contributed by atoms with van der Waals surface area (Å²) in [6.07, 6.45) is 3.95. The number of hydrogen-bond donors (Lipinski definition) is 1. The normalized spacial score (nSPS) is 13.9. The second kappa shape index (κ2) is 9.60. The molecule has 0 spiro atoms. The molecular weight excluding hydrogens is 374 g/mol. The molecule has 1 heterocycles. The first-order valence-corrected chi connectivity index (χ1v) is 10.1. The maximum atomic E-state index is 12.2. The van der Waals surface area contributed by atoms with Crippen molar-refractivity contribution in [3.8, 4) is 0 Å². The van der Waals surface area contributed by atoms with Crippen LogP contribution in [0.4, 0.5) is 17.1 Å². The van der Waals surface area contributed by atoms with E-state index in [9.17, 15) is 9.59 Å². The highest BCUT2D eigenvalue weighted by molar-refractivity contribution is 6.30. The molecule has 1 aliphatic rings. The highest BCUT2D eigenvalue weighted by atomic mass is 35.5. The zero-order valence-corrected chi connectivity index (χ0v) is 16.9. The molecule has 0 bridgehead atoms. The van der Waals surface area contributed by atoms with Crippen molar-refractivity contribution in [1.29, 1.82) is 0 Å². The zero-order valence-electron chi connectivity index (χ0n) is 16.2. The lowest BCUT2D eigenvalue weighted by Gasteiger charge is -2.29. The Hall–Kier alpha value is -2.53. The van der Waals surface area contributed by atoms with Crippen molar-refractivity contribution in [3.05, 3.63) is 53.6 Å². The van der Waals surface area contributed by atoms with Crippen LogP contribution in [0.15, 0.2) is 48.5 Å². The summed E-state index contributed by atoms with van der Waals surface area (Å²) in [4.78, 5) is 28.4. The van der Waals surface area contributed by atoms with E-state index in [-0.39, 0.29) is 18.2 Å². The van der Waals surface area contributed by atoms with Gasteiger partial charge < -0.3 is 15.1 Å². The number of hydrogen-bond acceptors (Lipinski definition) is 3. The van der Waals surface area contributed by atoms with Crippen LogP contribution < -0.4 is 15.1 Å². The molecule has 5 nitrogen and oxygen atoms in total. The molecule has 0 radical (unpaired) electrons. The number of benzene rings is 2. The van der Waals surface area contributed by atoms with E-state index < -0.39 is 0 Å². The maximum Gasteiger partial charge on any atom is 0.226 e. The molecule has 3 rings (SSSR count). The second-order valence-corrected chi connectivity index (χ2v) is 7.48. The summed E-state index contributed by atoms with van der Waals surface area (Å²) in [5.41, 5.74) is 2.65. The molecule has 2 aromatic carbocycles. The molecule has 2 amide bonds. The molecule has 1 saturated heterocycles. The summed E-state index contributed by atoms with van der Waals surface area (Å²) in [7, 11) is 0. The summed E-state index contributed by atoms with van der Waals surface area (Å²) < 4.78 is 0. The minimum absolute atomic E-state index is 0.0821. The van der Waals surface area contributed by atoms with Crippen LogP contribution in [0.2, 0.25) is 5.02 Å². The Kier molecular flexibility index (Phi) is 6.93. The molecule has 148 valence electrons. The Morgan fingerprint density at radius 2 is 1.79 bits per heavy atom. The number of carbonyl (C=O) groups excluding carboxylic acids is 2. The van der Waals surface area contributed by atoms with Gasteiger partial charge in [0.15, 0.2) is 0 Å². The smallest absolute Gasteiger partial charge is 0.226 e. The van der Waals surface area contributed by atoms with E-state index >= 15 is 0 Å². The summed E-state index contributed by atoms with van der Waals surface area (Å²) >= 11 is 5.94. The van der Waals surface area contributed by atoms with Crippen molar-refractivity contribution in [3.63, 3.8) is 0 Å². The number of rotatable bonds is 6. The van der Waals surface area contributed by atoms with Crippen molar-refractivity contribution in [2.75, 3.05) is 34.8 Å². The number of piperidine rings is 1. The fourth-order valence-electron chi connectivity index (χ4n) is 3.47. The fourth-order valence-corrected chi connectivity index (χ4v) is 3.66. The van der Waals surface area contributed by atoms with Crippen LogP contribution in [0.3, 0.4) is 0 Å². The molecule has 0 unspecified atom stereocenters. The van der Waals surface area contributed by atoms with Crippen LogP contribution in [0.1, 0.15) is 32.6 Å². The average molecular weight is 400 g/mol. The van der Waals surface area contributed by atoms with Gasteiger partial charge in [-0.2, -0.15) is 0 Å². The SMILES string of the molecule is CC(=O)N(CCC(=O)Nc1cccc(Cl)c1)c1ccc(N2CCCCC2)cc1. The molecule has 1 fully saturated rings. The molecule has 1 N–H and O–H groups in total. The van der Waals surface area contributed by atoms with Crippen molar-refractivity contribution in [2.45, 2.75) is 32.6 Å². The Balaban J connectivity index is 1.59. The van der Waals surface area contributed by atoms with Crippen LogP contribution in [0.25, 0.3) is 0 Å². The van der Waals surface area contributed by atoms with Gasteiger partial charge in [0.05, 0.1) is 0 Å². The molecule has 0 saturated carbocycles. The van der Waals surface area contributed by atoms with Gasteiger partial charge in [-0.25, -0.2) is 0 Å². The first-order chi connectivity index (χ1) is 13.5. The highest BCUT2D eigenvalue weighted by Gasteiger charge is 2.15. The second-order valence-electron chi connectivity index (χ2n) is 7.04. The lowest BCUT2D eigenvalue weighted by atomic mass is 10.1. The summed E-state index contributed by atoms with van der Waals surface area (Å²) in [6, 6.07) is 15.0. The summed E-state index contributed by atoms with van der Waals surface area (Å²) in [5, 5.41) is 3.38. The topological polar surface area (TPSA) is 52.7 Å². The largest absolute Gasteiger partial charge is 0.372 e. The van der Waals surface area contributed by atoms with Crippen LogP contribution in [-0.2, 0) is 9.59 Å². The third kappa shape index (κ3) is 5.49. The summed E-state index contributed by atoms with van der Waals surface area (Å²) in [5.74, 6) is -0.236. The van der Waals surface area contributed by atoms with E-state index in [0.29, 0.717) is 17.3 Å². The van der Waals surface area contributed by atoms with E-state index in [4.69, 9.17) is 11.6 Å². The third-order valence-corrected chi connectivity index (χ3v) is 5.17. The average Bonchev–Trinajstić information content (AvgIpc) is 2.69. The number of anilines is 3. The lowest BCUT2D eigenvalue weighted by Crippen LogP contribution is -2.32. The quantitative estimate of drug-likeness (QED) is 0.765. The summed E-state index contributed by atoms with van der Waals surface area (Å²) in [6.45, 7) is 4.01. The van der Waals surface area contributed by atoms with E-state index in [0.717, 1.165) is 18.8 Å².